The van der Waals surface area contributed by atoms with E-state index in [9.17, 15) is 19.5 Å². The zero-order chi connectivity index (χ0) is 29.1. The molecule has 0 spiro atoms. The lowest BCUT2D eigenvalue weighted by molar-refractivity contribution is -0.132. The first-order chi connectivity index (χ1) is 19.9. The van der Waals surface area contributed by atoms with Crippen molar-refractivity contribution in [3.63, 3.8) is 0 Å². The molecule has 10 heteroatoms. The van der Waals surface area contributed by atoms with Gasteiger partial charge in [-0.2, -0.15) is 0 Å². The Labute approximate surface area is 240 Å². The second-order valence-corrected chi connectivity index (χ2v) is 10.2. The quantitative estimate of drug-likeness (QED) is 0.114. The number of anilines is 1. The predicted molar refractivity (Wildman–Crippen MR) is 156 cm³/mol. The average molecular weight is 573 g/mol. The molecule has 1 aromatic heterocycles. The molecule has 1 amide bonds. The lowest BCUT2D eigenvalue weighted by Crippen LogP contribution is -2.29. The van der Waals surface area contributed by atoms with E-state index in [2.05, 4.69) is 4.98 Å². The third-order valence-corrected chi connectivity index (χ3v) is 7.56. The van der Waals surface area contributed by atoms with Gasteiger partial charge in [0.25, 0.3) is 5.78 Å². The summed E-state index contributed by atoms with van der Waals surface area (Å²) in [6.45, 7) is 4.86. The van der Waals surface area contributed by atoms with Crippen molar-refractivity contribution in [3.8, 4) is 11.5 Å². The molecule has 0 bridgehead atoms. The number of methoxy groups -OCH3 is 1. The van der Waals surface area contributed by atoms with E-state index in [4.69, 9.17) is 14.2 Å². The number of thiazole rings is 1. The maximum atomic E-state index is 13.6. The second-order valence-electron chi connectivity index (χ2n) is 9.22. The molecule has 3 aromatic carbocycles. The maximum Gasteiger partial charge on any atom is 0.337 e. The first-order valence-corrected chi connectivity index (χ1v) is 13.9. The van der Waals surface area contributed by atoms with Crippen molar-refractivity contribution in [3.05, 3.63) is 89.0 Å². The van der Waals surface area contributed by atoms with Crippen LogP contribution in [0.1, 0.15) is 47.8 Å². The molecular weight excluding hydrogens is 544 g/mol. The highest BCUT2D eigenvalue weighted by Gasteiger charge is 2.48. The van der Waals surface area contributed by atoms with E-state index in [1.165, 1.54) is 23.3 Å². The van der Waals surface area contributed by atoms with Gasteiger partial charge < -0.3 is 19.3 Å². The average Bonchev–Trinajstić information content (AvgIpc) is 3.53. The Hall–Kier alpha value is -4.70. The Morgan fingerprint density at radius 3 is 2.44 bits per heavy atom. The number of ether oxygens (including phenoxy) is 3. The molecule has 1 atom stereocenters. The van der Waals surface area contributed by atoms with Crippen LogP contribution in [-0.2, 0) is 14.3 Å². The molecule has 41 heavy (non-hydrogen) atoms. The topological polar surface area (TPSA) is 115 Å². The number of esters is 1. The molecule has 1 unspecified atom stereocenters. The van der Waals surface area contributed by atoms with E-state index < -0.39 is 23.7 Å². The van der Waals surface area contributed by atoms with Gasteiger partial charge in [0.1, 0.15) is 17.3 Å². The first-order valence-electron chi connectivity index (χ1n) is 13.1. The molecule has 1 fully saturated rings. The van der Waals surface area contributed by atoms with Gasteiger partial charge in [-0.25, -0.2) is 9.78 Å². The van der Waals surface area contributed by atoms with Crippen molar-refractivity contribution in [2.24, 2.45) is 0 Å². The zero-order valence-electron chi connectivity index (χ0n) is 22.7. The van der Waals surface area contributed by atoms with Crippen molar-refractivity contribution in [1.29, 1.82) is 0 Å². The smallest absolute Gasteiger partial charge is 0.337 e. The summed E-state index contributed by atoms with van der Waals surface area (Å²) in [5, 5.41) is 11.8. The molecule has 210 valence electrons. The molecule has 1 aliphatic heterocycles. The Morgan fingerprint density at radius 1 is 0.976 bits per heavy atom. The van der Waals surface area contributed by atoms with E-state index in [0.717, 1.165) is 11.1 Å². The predicted octanol–water partition coefficient (Wildman–Crippen LogP) is 5.90. The third-order valence-electron chi connectivity index (χ3n) is 6.54. The van der Waals surface area contributed by atoms with E-state index in [-0.39, 0.29) is 16.5 Å². The van der Waals surface area contributed by atoms with E-state index in [1.54, 1.807) is 60.7 Å². The SMILES string of the molecule is CCCOc1cccc(/C(O)=C2\C(=O)C(=O)N(c3nc4ccc(OCC)cc4s3)C2c2ccc(C(=O)OC)cc2)c1. The molecule has 1 saturated heterocycles. The van der Waals surface area contributed by atoms with Gasteiger partial charge in [0.05, 0.1) is 47.7 Å². The molecule has 9 nitrogen and oxygen atoms in total. The van der Waals surface area contributed by atoms with Crippen LogP contribution in [-0.4, -0.2) is 48.1 Å². The number of aliphatic hydroxyl groups excluding tert-OH is 1. The van der Waals surface area contributed by atoms with Gasteiger partial charge in [-0.05, 0) is 61.4 Å². The molecule has 1 aliphatic rings. The standard InChI is InChI=1S/C31H28N2O7S/c1-4-15-40-21-8-6-7-20(16-21)27(34)25-26(18-9-11-19(12-10-18)30(37)38-3)33(29(36)28(25)35)31-32-23-14-13-22(39-5-2)17-24(23)41-31/h6-14,16-17,26,34H,4-5,15H2,1-3H3/b27-25+. The number of carbonyl (C=O) groups is 3. The zero-order valence-corrected chi connectivity index (χ0v) is 23.6. The molecule has 0 saturated carbocycles. The van der Waals surface area contributed by atoms with Crippen LogP contribution in [0.3, 0.4) is 0 Å². The van der Waals surface area contributed by atoms with Crippen LogP contribution in [0.25, 0.3) is 16.0 Å². The molecule has 5 rings (SSSR count). The molecule has 4 aromatic rings. The van der Waals surface area contributed by atoms with Crippen molar-refractivity contribution in [1.82, 2.24) is 4.98 Å². The summed E-state index contributed by atoms with van der Waals surface area (Å²) in [4.78, 5) is 45.1. The number of hydrogen-bond acceptors (Lipinski definition) is 9. The molecular formula is C31H28N2O7S. The summed E-state index contributed by atoms with van der Waals surface area (Å²) in [6, 6.07) is 17.5. The van der Waals surface area contributed by atoms with E-state index >= 15 is 0 Å². The van der Waals surface area contributed by atoms with Crippen molar-refractivity contribution < 1.29 is 33.7 Å². The number of rotatable bonds is 9. The minimum atomic E-state index is -1.01. The number of Topliss-reactive ketones (excluding diaryl/α,β-unsaturated/α-hetero) is 1. The van der Waals surface area contributed by atoms with Crippen molar-refractivity contribution in [2.75, 3.05) is 25.2 Å². The first kappa shape index (κ1) is 27.9. The van der Waals surface area contributed by atoms with Crippen molar-refractivity contribution in [2.45, 2.75) is 26.3 Å². The highest BCUT2D eigenvalue weighted by Crippen LogP contribution is 2.45. The van der Waals surface area contributed by atoms with Gasteiger partial charge in [0.15, 0.2) is 5.13 Å². The van der Waals surface area contributed by atoms with Crippen LogP contribution in [0.2, 0.25) is 0 Å². The minimum Gasteiger partial charge on any atom is -0.507 e. The Balaban J connectivity index is 1.66. The fraction of sp³-hybridized carbons (Fsp3) is 0.226. The summed E-state index contributed by atoms with van der Waals surface area (Å²) in [7, 11) is 1.29. The number of benzene rings is 3. The molecule has 1 N–H and O–H groups in total. The lowest BCUT2D eigenvalue weighted by atomic mass is 9.94. The Bertz CT molecular complexity index is 1660. The highest BCUT2D eigenvalue weighted by molar-refractivity contribution is 7.22. The monoisotopic (exact) mass is 572 g/mol. The van der Waals surface area contributed by atoms with Gasteiger partial charge >= 0.3 is 11.9 Å². The number of aliphatic hydroxyl groups is 1. The lowest BCUT2D eigenvalue weighted by Gasteiger charge is -2.23. The highest BCUT2D eigenvalue weighted by atomic mass is 32.1. The number of carbonyl (C=O) groups excluding carboxylic acids is 3. The normalized spacial score (nSPS) is 16.3. The summed E-state index contributed by atoms with van der Waals surface area (Å²) < 4.78 is 16.9. The van der Waals surface area contributed by atoms with Crippen LogP contribution in [0, 0.1) is 0 Å². The minimum absolute atomic E-state index is 0.0947. The Kier molecular flexibility index (Phi) is 8.02. The van der Waals surface area contributed by atoms with Gasteiger partial charge in [-0.3, -0.25) is 14.5 Å². The van der Waals surface area contributed by atoms with Gasteiger partial charge in [0, 0.05) is 5.56 Å². The Morgan fingerprint density at radius 2 is 1.73 bits per heavy atom. The van der Waals surface area contributed by atoms with Crippen LogP contribution < -0.4 is 14.4 Å². The molecule has 0 radical (unpaired) electrons. The number of aromatic nitrogens is 1. The van der Waals surface area contributed by atoms with Crippen LogP contribution in [0.4, 0.5) is 5.13 Å². The fourth-order valence-corrected chi connectivity index (χ4v) is 5.65. The van der Waals surface area contributed by atoms with E-state index in [1.807, 2.05) is 19.9 Å². The molecule has 0 aliphatic carbocycles. The van der Waals surface area contributed by atoms with Crippen molar-refractivity contribution >= 4 is 50.1 Å². The maximum absolute atomic E-state index is 13.6. The summed E-state index contributed by atoms with van der Waals surface area (Å²) in [5.41, 5.74) is 1.68. The third kappa shape index (κ3) is 5.38. The van der Waals surface area contributed by atoms with E-state index in [0.29, 0.717) is 46.9 Å². The van der Waals surface area contributed by atoms with Crippen LogP contribution in [0.15, 0.2) is 72.3 Å². The van der Waals surface area contributed by atoms with Gasteiger partial charge in [-0.15, -0.1) is 0 Å². The summed E-state index contributed by atoms with van der Waals surface area (Å²) >= 11 is 1.23. The number of hydrogen-bond donors (Lipinski definition) is 1. The summed E-state index contributed by atoms with van der Waals surface area (Å²) in [6.07, 6.45) is 0.803. The summed E-state index contributed by atoms with van der Waals surface area (Å²) in [5.74, 6) is -1.34. The number of ketones is 1. The van der Waals surface area contributed by atoms with Gasteiger partial charge in [0.2, 0.25) is 0 Å². The molecule has 2 heterocycles. The second kappa shape index (κ2) is 11.8. The number of fused-ring (bicyclic) bond motifs is 1. The van der Waals surface area contributed by atoms with Gasteiger partial charge in [-0.1, -0.05) is 42.5 Å². The number of amides is 1. The largest absolute Gasteiger partial charge is 0.507 e. The van der Waals surface area contributed by atoms with Crippen LogP contribution >= 0.6 is 11.3 Å². The van der Waals surface area contributed by atoms with Crippen LogP contribution in [0.5, 0.6) is 11.5 Å². The number of nitrogens with zero attached hydrogens (tertiary/aromatic N) is 2. The fourth-order valence-electron chi connectivity index (χ4n) is 4.63.